The number of alkyl halides is 1. The summed E-state index contributed by atoms with van der Waals surface area (Å²) >= 11 is 6.21. The van der Waals surface area contributed by atoms with Crippen molar-refractivity contribution in [2.45, 2.75) is 17.8 Å². The Bertz CT molecular complexity index is 689. The van der Waals surface area contributed by atoms with E-state index in [-0.39, 0.29) is 29.3 Å². The molecule has 2 aliphatic heterocycles. The fraction of sp³-hybridized carbons (Fsp3) is 0.357. The van der Waals surface area contributed by atoms with E-state index in [0.29, 0.717) is 16.7 Å². The fourth-order valence-electron chi connectivity index (χ4n) is 2.58. The highest BCUT2D eigenvalue weighted by Gasteiger charge is 2.53. The molecule has 3 heterocycles. The summed E-state index contributed by atoms with van der Waals surface area (Å²) in [6, 6.07) is 3.08. The highest BCUT2D eigenvalue weighted by Crippen LogP contribution is 2.40. The number of thioether (sulfide) groups is 1. The lowest BCUT2D eigenvalue weighted by molar-refractivity contribution is -0.150. The predicted molar refractivity (Wildman–Crippen MR) is 91.5 cm³/mol. The van der Waals surface area contributed by atoms with Crippen LogP contribution in [0.15, 0.2) is 28.8 Å². The van der Waals surface area contributed by atoms with Gasteiger partial charge in [-0.3, -0.25) is 14.5 Å². The predicted octanol–water partition coefficient (Wildman–Crippen LogP) is 1.42. The SMILES string of the molecule is O=C(Cc1cccs1)NC1C(=O)N2C(C(=O)O)=C(CBr)CS[C@H]12. The van der Waals surface area contributed by atoms with E-state index >= 15 is 0 Å². The first-order valence-corrected chi connectivity index (χ1v) is 9.85. The number of fused-ring (bicyclic) bond motifs is 1. The molecule has 2 N–H and O–H groups in total. The third kappa shape index (κ3) is 3.05. The monoisotopic (exact) mass is 416 g/mol. The van der Waals surface area contributed by atoms with Crippen LogP contribution in [-0.2, 0) is 20.8 Å². The largest absolute Gasteiger partial charge is 0.477 e. The number of carbonyl (C=O) groups excluding carboxylic acids is 2. The van der Waals surface area contributed by atoms with Crippen LogP contribution in [0.1, 0.15) is 4.88 Å². The number of carboxylic acids is 1. The average molecular weight is 417 g/mol. The maximum Gasteiger partial charge on any atom is 0.352 e. The zero-order valence-electron chi connectivity index (χ0n) is 11.8. The van der Waals surface area contributed by atoms with Crippen molar-refractivity contribution in [2.24, 2.45) is 0 Å². The Labute approximate surface area is 149 Å². The molecule has 0 saturated carbocycles. The van der Waals surface area contributed by atoms with Crippen molar-refractivity contribution in [1.29, 1.82) is 0 Å². The fourth-order valence-corrected chi connectivity index (χ4v) is 5.36. The van der Waals surface area contributed by atoms with Crippen LogP contribution in [0, 0.1) is 0 Å². The maximum atomic E-state index is 12.3. The van der Waals surface area contributed by atoms with Crippen LogP contribution in [0.2, 0.25) is 0 Å². The van der Waals surface area contributed by atoms with Crippen molar-refractivity contribution in [3.63, 3.8) is 0 Å². The second-order valence-corrected chi connectivity index (χ2v) is 7.80. The molecule has 0 radical (unpaired) electrons. The van der Waals surface area contributed by atoms with Crippen molar-refractivity contribution < 1.29 is 19.5 Å². The van der Waals surface area contributed by atoms with Gasteiger partial charge < -0.3 is 10.4 Å². The highest BCUT2D eigenvalue weighted by molar-refractivity contribution is 9.09. The van der Waals surface area contributed by atoms with Crippen LogP contribution in [0.5, 0.6) is 0 Å². The number of carbonyl (C=O) groups is 3. The number of thiophene rings is 1. The minimum absolute atomic E-state index is 0.0411. The molecule has 0 aliphatic carbocycles. The van der Waals surface area contributed by atoms with Crippen molar-refractivity contribution in [3.05, 3.63) is 33.7 Å². The lowest BCUT2D eigenvalue weighted by Gasteiger charge is -2.49. The smallest absolute Gasteiger partial charge is 0.352 e. The van der Waals surface area contributed by atoms with Gasteiger partial charge in [-0.25, -0.2) is 4.79 Å². The number of amides is 2. The van der Waals surface area contributed by atoms with Gasteiger partial charge in [-0.15, -0.1) is 23.1 Å². The number of hydrogen-bond donors (Lipinski definition) is 2. The van der Waals surface area contributed by atoms with Crippen molar-refractivity contribution in [2.75, 3.05) is 11.1 Å². The summed E-state index contributed by atoms with van der Waals surface area (Å²) in [7, 11) is 0. The minimum Gasteiger partial charge on any atom is -0.477 e. The van der Waals surface area contributed by atoms with Crippen LogP contribution in [-0.4, -0.2) is 50.3 Å². The van der Waals surface area contributed by atoms with Crippen LogP contribution >= 0.6 is 39.0 Å². The van der Waals surface area contributed by atoms with Gasteiger partial charge in [-0.1, -0.05) is 22.0 Å². The third-order valence-corrected chi connectivity index (χ3v) is 6.54. The first-order chi connectivity index (χ1) is 11.0. The van der Waals surface area contributed by atoms with E-state index in [9.17, 15) is 19.5 Å². The van der Waals surface area contributed by atoms with Crippen molar-refractivity contribution >= 4 is 56.8 Å². The Morgan fingerprint density at radius 1 is 1.48 bits per heavy atom. The van der Waals surface area contributed by atoms with Gasteiger partial charge in [-0.05, 0) is 17.0 Å². The molecule has 3 rings (SSSR count). The summed E-state index contributed by atoms with van der Waals surface area (Å²) in [5, 5.41) is 14.0. The van der Waals surface area contributed by atoms with Gasteiger partial charge >= 0.3 is 5.97 Å². The Kier molecular flexibility index (Phi) is 4.79. The normalized spacial score (nSPS) is 23.3. The molecule has 0 spiro atoms. The molecule has 9 heteroatoms. The molecule has 1 aromatic rings. The van der Waals surface area contributed by atoms with Gasteiger partial charge in [-0.2, -0.15) is 0 Å². The number of rotatable bonds is 5. The quantitative estimate of drug-likeness (QED) is 0.559. The zero-order valence-corrected chi connectivity index (χ0v) is 15.0. The molecule has 1 unspecified atom stereocenters. The molecule has 2 aliphatic rings. The molecule has 6 nitrogen and oxygen atoms in total. The van der Waals surface area contributed by atoms with Gasteiger partial charge in [0, 0.05) is 16.0 Å². The molecule has 0 bridgehead atoms. The molecule has 1 saturated heterocycles. The van der Waals surface area contributed by atoms with Crippen LogP contribution in [0.3, 0.4) is 0 Å². The summed E-state index contributed by atoms with van der Waals surface area (Å²) < 4.78 is 0. The van der Waals surface area contributed by atoms with Gasteiger partial charge in [0.1, 0.15) is 17.1 Å². The Morgan fingerprint density at radius 2 is 2.26 bits per heavy atom. The first kappa shape index (κ1) is 16.5. The molecule has 122 valence electrons. The second-order valence-electron chi connectivity index (χ2n) is 5.10. The topological polar surface area (TPSA) is 86.7 Å². The summed E-state index contributed by atoms with van der Waals surface area (Å²) in [5.41, 5.74) is 0.717. The molecule has 2 atom stereocenters. The van der Waals surface area contributed by atoms with Crippen LogP contribution < -0.4 is 5.32 Å². The Morgan fingerprint density at radius 3 is 2.87 bits per heavy atom. The molecule has 2 amide bonds. The summed E-state index contributed by atoms with van der Waals surface area (Å²) in [6.45, 7) is 0. The van der Waals surface area contributed by atoms with E-state index in [2.05, 4.69) is 21.2 Å². The second kappa shape index (κ2) is 6.66. The number of carboxylic acid groups (broad SMARTS) is 1. The van der Waals surface area contributed by atoms with Gasteiger partial charge in [0.2, 0.25) is 5.91 Å². The van der Waals surface area contributed by atoms with E-state index in [0.717, 1.165) is 4.88 Å². The minimum atomic E-state index is -1.11. The summed E-state index contributed by atoms with van der Waals surface area (Å²) in [5.74, 6) is -1.17. The number of halogens is 1. The Balaban J connectivity index is 1.69. The van der Waals surface area contributed by atoms with E-state index in [1.165, 1.54) is 28.0 Å². The first-order valence-electron chi connectivity index (χ1n) is 6.80. The molecular weight excluding hydrogens is 404 g/mol. The molecular formula is C14H13BrN2O4S2. The zero-order chi connectivity index (χ0) is 16.6. The highest BCUT2D eigenvalue weighted by atomic mass is 79.9. The molecule has 0 aromatic carbocycles. The Hall–Kier alpha value is -1.32. The van der Waals surface area contributed by atoms with Gasteiger partial charge in [0.25, 0.3) is 5.91 Å². The third-order valence-electron chi connectivity index (χ3n) is 3.64. The van der Waals surface area contributed by atoms with Gasteiger partial charge in [0.05, 0.1) is 6.42 Å². The standard InChI is InChI=1S/C14H13BrN2O4S2/c15-5-7-6-23-13-10(12(19)17(13)11(7)14(20)21)16-9(18)4-8-2-1-3-22-8/h1-3,10,13H,4-6H2,(H,16,18)(H,20,21)/t10?,13-/m1/s1. The molecule has 1 aromatic heterocycles. The van der Waals surface area contributed by atoms with Crippen molar-refractivity contribution in [3.8, 4) is 0 Å². The summed E-state index contributed by atoms with van der Waals surface area (Å²) in [6.07, 6.45) is 0.229. The number of β-lactam (4-membered cyclic amide) rings is 1. The number of nitrogens with zero attached hydrogens (tertiary/aromatic N) is 1. The average Bonchev–Trinajstić information content (AvgIpc) is 3.03. The number of aliphatic carboxylic acids is 1. The van der Waals surface area contributed by atoms with E-state index in [4.69, 9.17) is 0 Å². The van der Waals surface area contributed by atoms with E-state index < -0.39 is 12.0 Å². The number of nitrogens with one attached hydrogen (secondary N) is 1. The molecule has 1 fully saturated rings. The van der Waals surface area contributed by atoms with Crippen LogP contribution in [0.4, 0.5) is 0 Å². The van der Waals surface area contributed by atoms with E-state index in [1.807, 2.05) is 17.5 Å². The van der Waals surface area contributed by atoms with Crippen LogP contribution in [0.25, 0.3) is 0 Å². The summed E-state index contributed by atoms with van der Waals surface area (Å²) in [4.78, 5) is 38.0. The van der Waals surface area contributed by atoms with Gasteiger partial charge in [0.15, 0.2) is 0 Å². The number of hydrogen-bond acceptors (Lipinski definition) is 5. The van der Waals surface area contributed by atoms with Crippen molar-refractivity contribution in [1.82, 2.24) is 10.2 Å². The maximum absolute atomic E-state index is 12.3. The van der Waals surface area contributed by atoms with E-state index in [1.54, 1.807) is 0 Å². The lowest BCUT2D eigenvalue weighted by atomic mass is 10.0. The molecule has 23 heavy (non-hydrogen) atoms. The lowest BCUT2D eigenvalue weighted by Crippen LogP contribution is -2.70.